The van der Waals surface area contributed by atoms with Gasteiger partial charge in [0.25, 0.3) is 0 Å². The first-order valence-corrected chi connectivity index (χ1v) is 5.49. The zero-order chi connectivity index (χ0) is 11.4. The Morgan fingerprint density at radius 1 is 1.31 bits per heavy atom. The second-order valence-electron chi connectivity index (χ2n) is 4.02. The second kappa shape index (κ2) is 4.84. The van der Waals surface area contributed by atoms with Crippen LogP contribution in [0.1, 0.15) is 24.8 Å². The summed E-state index contributed by atoms with van der Waals surface area (Å²) in [6.45, 7) is 0. The van der Waals surface area contributed by atoms with E-state index in [-0.39, 0.29) is 6.04 Å². The van der Waals surface area contributed by atoms with E-state index in [4.69, 9.17) is 5.11 Å². The van der Waals surface area contributed by atoms with Gasteiger partial charge in [-0.05, 0) is 30.4 Å². The minimum absolute atomic E-state index is 0.0740. The summed E-state index contributed by atoms with van der Waals surface area (Å²) >= 11 is 0. The topological polar surface area (TPSA) is 49.3 Å². The average molecular weight is 217 g/mol. The average Bonchev–Trinajstić information content (AvgIpc) is 2.30. The van der Waals surface area contributed by atoms with Crippen LogP contribution in [0.5, 0.6) is 0 Å². The van der Waals surface area contributed by atoms with Gasteiger partial charge in [0.15, 0.2) is 0 Å². The van der Waals surface area contributed by atoms with Crippen LogP contribution in [-0.4, -0.2) is 17.2 Å². The number of carboxylic acid groups (broad SMARTS) is 1. The van der Waals surface area contributed by atoms with Crippen molar-refractivity contribution in [3.8, 4) is 0 Å². The quantitative estimate of drug-likeness (QED) is 0.800. The molecule has 0 heterocycles. The number of hydrogen-bond donors (Lipinski definition) is 2. The molecule has 1 aromatic carbocycles. The molecule has 0 saturated carbocycles. The van der Waals surface area contributed by atoms with Gasteiger partial charge in [-0.25, -0.2) is 4.79 Å². The van der Waals surface area contributed by atoms with Crippen LogP contribution in [0.15, 0.2) is 36.4 Å². The van der Waals surface area contributed by atoms with Crippen LogP contribution in [0.3, 0.4) is 0 Å². The van der Waals surface area contributed by atoms with E-state index >= 15 is 0 Å². The van der Waals surface area contributed by atoms with Gasteiger partial charge in [0.1, 0.15) is 0 Å². The van der Waals surface area contributed by atoms with Crippen molar-refractivity contribution in [3.63, 3.8) is 0 Å². The first-order valence-electron chi connectivity index (χ1n) is 5.49. The fraction of sp³-hybridized carbons (Fsp3) is 0.308. The number of rotatable bonds is 2. The van der Waals surface area contributed by atoms with Crippen LogP contribution in [-0.2, 0) is 0 Å². The Bertz CT molecular complexity index is 398. The lowest BCUT2D eigenvalue weighted by Gasteiger charge is -2.21. The van der Waals surface area contributed by atoms with Gasteiger partial charge in [0.2, 0.25) is 0 Å². The highest BCUT2D eigenvalue weighted by Gasteiger charge is 2.16. The molecule has 0 aromatic heterocycles. The summed E-state index contributed by atoms with van der Waals surface area (Å²) in [7, 11) is 0. The summed E-state index contributed by atoms with van der Waals surface area (Å²) in [6, 6.07) is 10.3. The Kier molecular flexibility index (Phi) is 3.25. The van der Waals surface area contributed by atoms with Gasteiger partial charge in [-0.3, -0.25) is 0 Å². The molecule has 16 heavy (non-hydrogen) atoms. The van der Waals surface area contributed by atoms with Crippen molar-refractivity contribution in [1.82, 2.24) is 5.32 Å². The molecule has 1 aliphatic rings. The molecule has 1 unspecified atom stereocenters. The fourth-order valence-corrected chi connectivity index (χ4v) is 2.05. The van der Waals surface area contributed by atoms with Crippen molar-refractivity contribution < 1.29 is 9.90 Å². The molecule has 3 nitrogen and oxygen atoms in total. The summed E-state index contributed by atoms with van der Waals surface area (Å²) < 4.78 is 0. The van der Waals surface area contributed by atoms with Crippen LogP contribution in [0.2, 0.25) is 0 Å². The van der Waals surface area contributed by atoms with Crippen LogP contribution < -0.4 is 5.32 Å². The number of nitrogens with one attached hydrogen (secondary N) is 1. The molecule has 1 aromatic rings. The summed E-state index contributed by atoms with van der Waals surface area (Å²) in [5.74, 6) is 0. The zero-order valence-electron chi connectivity index (χ0n) is 9.02. The lowest BCUT2D eigenvalue weighted by Crippen LogP contribution is -2.34. The maximum Gasteiger partial charge on any atom is 0.404 e. The van der Waals surface area contributed by atoms with Crippen molar-refractivity contribution >= 4 is 11.7 Å². The summed E-state index contributed by atoms with van der Waals surface area (Å²) in [5, 5.41) is 11.1. The molecule has 0 saturated heterocycles. The molecule has 0 radical (unpaired) electrons. The van der Waals surface area contributed by atoms with Crippen LogP contribution >= 0.6 is 0 Å². The number of carbonyl (C=O) groups is 1. The lowest BCUT2D eigenvalue weighted by atomic mass is 9.91. The highest BCUT2D eigenvalue weighted by Crippen LogP contribution is 2.26. The van der Waals surface area contributed by atoms with E-state index in [0.29, 0.717) is 0 Å². The predicted molar refractivity (Wildman–Crippen MR) is 63.2 cm³/mol. The summed E-state index contributed by atoms with van der Waals surface area (Å²) in [4.78, 5) is 10.5. The lowest BCUT2D eigenvalue weighted by molar-refractivity contribution is 0.189. The molecule has 0 fully saturated rings. The monoisotopic (exact) mass is 217 g/mol. The molecular weight excluding hydrogens is 202 g/mol. The van der Waals surface area contributed by atoms with Crippen LogP contribution in [0.4, 0.5) is 4.79 Å². The second-order valence-corrected chi connectivity index (χ2v) is 4.02. The van der Waals surface area contributed by atoms with E-state index in [9.17, 15) is 4.79 Å². The standard InChI is InChI=1S/C13H15NO2/c15-13(16)14-12-8-6-11(7-9-12)10-4-2-1-3-5-10/h1-6,12,14H,7-9H2,(H,15,16). The summed E-state index contributed by atoms with van der Waals surface area (Å²) in [6.07, 6.45) is 3.82. The smallest absolute Gasteiger partial charge is 0.404 e. The fourth-order valence-electron chi connectivity index (χ4n) is 2.05. The maximum absolute atomic E-state index is 10.5. The van der Waals surface area contributed by atoms with Gasteiger partial charge in [0, 0.05) is 6.04 Å². The van der Waals surface area contributed by atoms with Gasteiger partial charge in [-0.1, -0.05) is 36.4 Å². The molecule has 3 heteroatoms. The summed E-state index contributed by atoms with van der Waals surface area (Å²) in [5.41, 5.74) is 2.57. The molecule has 84 valence electrons. The van der Waals surface area contributed by atoms with E-state index in [0.717, 1.165) is 19.3 Å². The van der Waals surface area contributed by atoms with E-state index in [1.54, 1.807) is 0 Å². The highest BCUT2D eigenvalue weighted by molar-refractivity contribution is 5.68. The molecule has 1 atom stereocenters. The Hall–Kier alpha value is -1.77. The van der Waals surface area contributed by atoms with Crippen LogP contribution in [0.25, 0.3) is 5.57 Å². The maximum atomic E-state index is 10.5. The Labute approximate surface area is 94.8 Å². The predicted octanol–water partition coefficient (Wildman–Crippen LogP) is 2.89. The zero-order valence-corrected chi connectivity index (χ0v) is 9.02. The normalized spacial score (nSPS) is 20.0. The molecule has 0 aliphatic heterocycles. The largest absolute Gasteiger partial charge is 0.465 e. The van der Waals surface area contributed by atoms with Gasteiger partial charge < -0.3 is 10.4 Å². The number of allylic oxidation sites excluding steroid dienone is 1. The molecule has 2 N–H and O–H groups in total. The first kappa shape index (κ1) is 10.7. The van der Waals surface area contributed by atoms with Gasteiger partial charge in [-0.2, -0.15) is 0 Å². The Morgan fingerprint density at radius 3 is 2.62 bits per heavy atom. The van der Waals surface area contributed by atoms with Crippen molar-refractivity contribution in [1.29, 1.82) is 0 Å². The van der Waals surface area contributed by atoms with Crippen molar-refractivity contribution in [2.24, 2.45) is 0 Å². The van der Waals surface area contributed by atoms with Crippen molar-refractivity contribution in [2.45, 2.75) is 25.3 Å². The third-order valence-electron chi connectivity index (χ3n) is 2.88. The van der Waals surface area contributed by atoms with Gasteiger partial charge in [-0.15, -0.1) is 0 Å². The first-order chi connectivity index (χ1) is 7.75. The molecule has 1 amide bonds. The molecule has 0 spiro atoms. The molecular formula is C13H15NO2. The minimum Gasteiger partial charge on any atom is -0.465 e. The molecule has 2 rings (SSSR count). The third kappa shape index (κ3) is 2.63. The third-order valence-corrected chi connectivity index (χ3v) is 2.88. The van der Waals surface area contributed by atoms with Crippen molar-refractivity contribution in [3.05, 3.63) is 42.0 Å². The van der Waals surface area contributed by atoms with E-state index in [1.165, 1.54) is 11.1 Å². The number of benzene rings is 1. The SMILES string of the molecule is O=C(O)NC1CC=C(c2ccccc2)CC1. The van der Waals surface area contributed by atoms with E-state index in [2.05, 4.69) is 23.5 Å². The van der Waals surface area contributed by atoms with E-state index in [1.807, 2.05) is 18.2 Å². The van der Waals surface area contributed by atoms with Crippen LogP contribution in [0, 0.1) is 0 Å². The van der Waals surface area contributed by atoms with Gasteiger partial charge in [0.05, 0.1) is 0 Å². The molecule has 0 bridgehead atoms. The number of amides is 1. The minimum atomic E-state index is -0.929. The Balaban J connectivity index is 2.01. The Morgan fingerprint density at radius 2 is 2.06 bits per heavy atom. The van der Waals surface area contributed by atoms with Crippen molar-refractivity contribution in [2.75, 3.05) is 0 Å². The van der Waals surface area contributed by atoms with E-state index < -0.39 is 6.09 Å². The highest BCUT2D eigenvalue weighted by atomic mass is 16.4. The number of hydrogen-bond acceptors (Lipinski definition) is 1. The molecule has 1 aliphatic carbocycles. The van der Waals surface area contributed by atoms with Gasteiger partial charge >= 0.3 is 6.09 Å².